The first kappa shape index (κ1) is 9.39. The van der Waals surface area contributed by atoms with Gasteiger partial charge in [0, 0.05) is 17.0 Å². The molecule has 0 saturated carbocycles. The lowest BCUT2D eigenvalue weighted by Crippen LogP contribution is -2.30. The molecule has 70 valence electrons. The Kier molecular flexibility index (Phi) is 2.37. The second kappa shape index (κ2) is 3.53. The molecule has 0 bridgehead atoms. The van der Waals surface area contributed by atoms with Gasteiger partial charge in [0.15, 0.2) is 5.65 Å². The third kappa shape index (κ3) is 1.70. The van der Waals surface area contributed by atoms with Gasteiger partial charge in [-0.1, -0.05) is 11.6 Å². The highest BCUT2D eigenvalue weighted by Gasteiger charge is 2.11. The largest absolute Gasteiger partial charge is 0.490 e. The highest BCUT2D eigenvalue weighted by atomic mass is 35.5. The van der Waals surface area contributed by atoms with Crippen molar-refractivity contribution in [3.63, 3.8) is 0 Å². The molecule has 2 rings (SSSR count). The molecule has 14 heavy (non-hydrogen) atoms. The molecule has 6 heteroatoms. The van der Waals surface area contributed by atoms with Crippen LogP contribution in [0.3, 0.4) is 0 Å². The van der Waals surface area contributed by atoms with Crippen molar-refractivity contribution in [3.05, 3.63) is 29.5 Å². The lowest BCUT2D eigenvalue weighted by molar-refractivity contribution is 0.425. The quantitative estimate of drug-likeness (QED) is 0.510. The van der Waals surface area contributed by atoms with Crippen molar-refractivity contribution < 1.29 is 10.0 Å². The number of nitrogens with zero attached hydrogens (tertiary/aromatic N) is 2. The molecule has 2 N–H and O–H groups in total. The summed E-state index contributed by atoms with van der Waals surface area (Å²) in [6, 6.07) is 4.96. The average molecular weight is 208 g/mol. The van der Waals surface area contributed by atoms with Crippen molar-refractivity contribution >= 4 is 35.2 Å². The fourth-order valence-corrected chi connectivity index (χ4v) is 1.29. The molecular weight excluding hydrogens is 202 g/mol. The van der Waals surface area contributed by atoms with E-state index in [4.69, 9.17) is 21.6 Å². The van der Waals surface area contributed by atoms with Gasteiger partial charge in [-0.25, -0.2) is 9.97 Å². The molecule has 0 atom stereocenters. The van der Waals surface area contributed by atoms with Crippen LogP contribution < -0.4 is 5.46 Å². The van der Waals surface area contributed by atoms with Crippen molar-refractivity contribution in [2.24, 2.45) is 0 Å². The maximum Gasteiger partial charge on any atom is 0.490 e. The Hall–Kier alpha value is -1.17. The van der Waals surface area contributed by atoms with Gasteiger partial charge in [-0.05, 0) is 18.2 Å². The summed E-state index contributed by atoms with van der Waals surface area (Å²) in [4.78, 5) is 7.91. The number of hydrogen-bond acceptors (Lipinski definition) is 4. The molecule has 0 radical (unpaired) electrons. The van der Waals surface area contributed by atoms with E-state index in [1.807, 2.05) is 0 Å². The van der Waals surface area contributed by atoms with Crippen LogP contribution in [-0.4, -0.2) is 27.1 Å². The standard InChI is InChI=1S/C8H6BClN2O2/c10-7-2-1-5-3-6(9(13)14)4-11-8(5)12-7/h1-4,13-14H. The van der Waals surface area contributed by atoms with Gasteiger partial charge in [0.25, 0.3) is 0 Å². The van der Waals surface area contributed by atoms with Gasteiger partial charge in [0.05, 0.1) is 0 Å². The maximum atomic E-state index is 8.91. The minimum Gasteiger partial charge on any atom is -0.423 e. The second-order valence-electron chi connectivity index (χ2n) is 2.82. The fraction of sp³-hybridized carbons (Fsp3) is 0. The summed E-state index contributed by atoms with van der Waals surface area (Å²) in [7, 11) is -1.51. The first-order chi connectivity index (χ1) is 6.66. The molecule has 2 heterocycles. The number of rotatable bonds is 1. The molecule has 0 aliphatic carbocycles. The summed E-state index contributed by atoms with van der Waals surface area (Å²) in [6.07, 6.45) is 1.36. The number of fused-ring (bicyclic) bond motifs is 1. The zero-order valence-electron chi connectivity index (χ0n) is 7.05. The van der Waals surface area contributed by atoms with E-state index in [2.05, 4.69) is 9.97 Å². The molecule has 0 spiro atoms. The van der Waals surface area contributed by atoms with Crippen molar-refractivity contribution in [2.45, 2.75) is 0 Å². The van der Waals surface area contributed by atoms with Gasteiger partial charge in [-0.15, -0.1) is 0 Å². The molecule has 0 amide bonds. The molecule has 0 aromatic carbocycles. The van der Waals surface area contributed by atoms with Gasteiger partial charge in [0.1, 0.15) is 5.15 Å². The predicted molar refractivity (Wildman–Crippen MR) is 54.4 cm³/mol. The van der Waals surface area contributed by atoms with Crippen molar-refractivity contribution in [3.8, 4) is 0 Å². The van der Waals surface area contributed by atoms with Crippen LogP contribution in [0.5, 0.6) is 0 Å². The molecule has 0 aliphatic rings. The lowest BCUT2D eigenvalue weighted by atomic mass is 9.81. The predicted octanol–water partition coefficient (Wildman–Crippen LogP) is -0.0370. The Bertz CT molecular complexity index is 478. The maximum absolute atomic E-state index is 8.91. The Morgan fingerprint density at radius 1 is 1.29 bits per heavy atom. The van der Waals surface area contributed by atoms with Crippen LogP contribution in [0.1, 0.15) is 0 Å². The van der Waals surface area contributed by atoms with Crippen LogP contribution >= 0.6 is 11.6 Å². The number of pyridine rings is 2. The monoisotopic (exact) mass is 208 g/mol. The van der Waals surface area contributed by atoms with E-state index < -0.39 is 7.12 Å². The summed E-state index contributed by atoms with van der Waals surface area (Å²) < 4.78 is 0. The van der Waals surface area contributed by atoms with E-state index in [1.165, 1.54) is 6.20 Å². The Labute approximate surface area is 85.3 Å². The van der Waals surface area contributed by atoms with E-state index >= 15 is 0 Å². The topological polar surface area (TPSA) is 66.2 Å². The molecule has 0 unspecified atom stereocenters. The van der Waals surface area contributed by atoms with Gasteiger partial charge >= 0.3 is 7.12 Å². The third-order valence-corrected chi connectivity index (χ3v) is 2.04. The number of hydrogen-bond donors (Lipinski definition) is 2. The Balaban J connectivity index is 2.62. The van der Waals surface area contributed by atoms with E-state index in [0.717, 1.165) is 5.39 Å². The van der Waals surface area contributed by atoms with Crippen molar-refractivity contribution in [1.82, 2.24) is 9.97 Å². The summed E-state index contributed by atoms with van der Waals surface area (Å²) in [5, 5.41) is 18.9. The molecule has 2 aromatic heterocycles. The van der Waals surface area contributed by atoms with Gasteiger partial charge < -0.3 is 10.0 Å². The first-order valence-electron chi connectivity index (χ1n) is 3.95. The molecule has 2 aromatic rings. The van der Waals surface area contributed by atoms with Crippen LogP contribution in [0, 0.1) is 0 Å². The molecule has 4 nitrogen and oxygen atoms in total. The molecule has 0 aliphatic heterocycles. The van der Waals surface area contributed by atoms with E-state index in [1.54, 1.807) is 18.2 Å². The minimum atomic E-state index is -1.51. The summed E-state index contributed by atoms with van der Waals surface area (Å²) in [5.41, 5.74) is 0.823. The van der Waals surface area contributed by atoms with E-state index in [9.17, 15) is 0 Å². The van der Waals surface area contributed by atoms with Gasteiger partial charge in [-0.3, -0.25) is 0 Å². The SMILES string of the molecule is OB(O)c1cnc2nc(Cl)ccc2c1. The zero-order valence-corrected chi connectivity index (χ0v) is 7.81. The Morgan fingerprint density at radius 3 is 2.79 bits per heavy atom. The molecule has 0 fully saturated rings. The van der Waals surface area contributed by atoms with Crippen LogP contribution in [0.25, 0.3) is 11.0 Å². The number of halogens is 1. The average Bonchev–Trinajstić information content (AvgIpc) is 2.16. The molecular formula is C8H6BClN2O2. The summed E-state index contributed by atoms with van der Waals surface area (Å²) in [5.74, 6) is 0. The van der Waals surface area contributed by atoms with Crippen LogP contribution in [-0.2, 0) is 0 Å². The van der Waals surface area contributed by atoms with Crippen molar-refractivity contribution in [2.75, 3.05) is 0 Å². The number of aromatic nitrogens is 2. The first-order valence-corrected chi connectivity index (χ1v) is 4.33. The van der Waals surface area contributed by atoms with Gasteiger partial charge in [-0.2, -0.15) is 0 Å². The normalized spacial score (nSPS) is 10.5. The van der Waals surface area contributed by atoms with E-state index in [0.29, 0.717) is 16.3 Å². The smallest absolute Gasteiger partial charge is 0.423 e. The zero-order chi connectivity index (χ0) is 10.1. The Morgan fingerprint density at radius 2 is 2.07 bits per heavy atom. The second-order valence-corrected chi connectivity index (χ2v) is 3.21. The lowest BCUT2D eigenvalue weighted by Gasteiger charge is -2.00. The minimum absolute atomic E-state index is 0.335. The van der Waals surface area contributed by atoms with Crippen LogP contribution in [0.4, 0.5) is 0 Å². The highest BCUT2D eigenvalue weighted by molar-refractivity contribution is 6.58. The third-order valence-electron chi connectivity index (χ3n) is 1.83. The van der Waals surface area contributed by atoms with Crippen LogP contribution in [0.15, 0.2) is 24.4 Å². The van der Waals surface area contributed by atoms with Gasteiger partial charge in [0.2, 0.25) is 0 Å². The highest BCUT2D eigenvalue weighted by Crippen LogP contribution is 2.11. The van der Waals surface area contributed by atoms with E-state index in [-0.39, 0.29) is 0 Å². The summed E-state index contributed by atoms with van der Waals surface area (Å²) >= 11 is 5.67. The molecule has 0 saturated heterocycles. The van der Waals surface area contributed by atoms with Crippen LogP contribution in [0.2, 0.25) is 5.15 Å². The fourth-order valence-electron chi connectivity index (χ4n) is 1.15. The summed E-state index contributed by atoms with van der Waals surface area (Å²) in [6.45, 7) is 0. The van der Waals surface area contributed by atoms with Crippen molar-refractivity contribution in [1.29, 1.82) is 0 Å².